The summed E-state index contributed by atoms with van der Waals surface area (Å²) in [7, 11) is -3.92. The Hall–Kier alpha value is -3.22. The number of carbonyl (C=O) groups is 1. The van der Waals surface area contributed by atoms with E-state index < -0.39 is 28.6 Å². The zero-order valence-electron chi connectivity index (χ0n) is 17.1. The summed E-state index contributed by atoms with van der Waals surface area (Å²) in [4.78, 5) is 20.4. The van der Waals surface area contributed by atoms with Crippen LogP contribution in [0.25, 0.3) is 0 Å². The molecule has 32 heavy (non-hydrogen) atoms. The number of fused-ring (bicyclic) bond motifs is 1. The van der Waals surface area contributed by atoms with E-state index in [2.05, 4.69) is 20.6 Å². The smallest absolute Gasteiger partial charge is 0.412 e. The summed E-state index contributed by atoms with van der Waals surface area (Å²) in [6.07, 6.45) is -0.568. The van der Waals surface area contributed by atoms with Crippen LogP contribution in [0, 0.1) is 0 Å². The van der Waals surface area contributed by atoms with Crippen LogP contribution in [0.5, 0.6) is 0 Å². The van der Waals surface area contributed by atoms with Crippen molar-refractivity contribution < 1.29 is 27.6 Å². The van der Waals surface area contributed by atoms with Crippen LogP contribution in [-0.4, -0.2) is 59.9 Å². The van der Waals surface area contributed by atoms with Crippen molar-refractivity contribution in [1.29, 1.82) is 0 Å². The molecule has 1 amide bonds. The Kier molecular flexibility index (Phi) is 10.0. The second-order valence-electron chi connectivity index (χ2n) is 6.37. The highest BCUT2D eigenvalue weighted by Crippen LogP contribution is 2.37. The van der Waals surface area contributed by atoms with Gasteiger partial charge < -0.3 is 20.9 Å². The van der Waals surface area contributed by atoms with Crippen LogP contribution in [-0.2, 0) is 14.9 Å². The SMILES string of the molecule is C.CCOC(=O)Nc1cc2c(c(N)n1)N=C(c1ccccc1)[C@H](C)N2.O=S(=O)(O)CCO. The first-order valence-electron chi connectivity index (χ1n) is 9.35. The van der Waals surface area contributed by atoms with E-state index in [-0.39, 0.29) is 25.9 Å². The Balaban J connectivity index is 0.000000558. The zero-order valence-corrected chi connectivity index (χ0v) is 17.9. The summed E-state index contributed by atoms with van der Waals surface area (Å²) in [6, 6.07) is 11.6. The van der Waals surface area contributed by atoms with Crippen molar-refractivity contribution in [2.75, 3.05) is 35.3 Å². The minimum atomic E-state index is -3.92. The number of anilines is 3. The number of pyridine rings is 1. The van der Waals surface area contributed by atoms with Gasteiger partial charge in [-0.25, -0.2) is 14.8 Å². The quantitative estimate of drug-likeness (QED) is 0.414. The molecule has 1 atom stereocenters. The van der Waals surface area contributed by atoms with Gasteiger partial charge in [0.15, 0.2) is 5.82 Å². The Labute approximate surface area is 187 Å². The normalized spacial score (nSPS) is 14.4. The van der Waals surface area contributed by atoms with Crippen LogP contribution in [0.4, 0.5) is 27.8 Å². The van der Waals surface area contributed by atoms with Gasteiger partial charge in [0.25, 0.3) is 10.1 Å². The lowest BCUT2D eigenvalue weighted by atomic mass is 10.0. The molecule has 1 aliphatic rings. The maximum absolute atomic E-state index is 11.5. The van der Waals surface area contributed by atoms with E-state index in [1.165, 1.54) is 0 Å². The summed E-state index contributed by atoms with van der Waals surface area (Å²) < 4.78 is 31.9. The molecule has 6 N–H and O–H groups in total. The molecule has 12 heteroatoms. The van der Waals surface area contributed by atoms with E-state index in [0.717, 1.165) is 17.0 Å². The number of ether oxygens (including phenoxy) is 1. The van der Waals surface area contributed by atoms with E-state index in [9.17, 15) is 13.2 Å². The highest BCUT2D eigenvalue weighted by atomic mass is 32.2. The van der Waals surface area contributed by atoms with Crippen molar-refractivity contribution in [2.24, 2.45) is 4.99 Å². The van der Waals surface area contributed by atoms with E-state index in [1.807, 2.05) is 37.3 Å². The molecule has 11 nitrogen and oxygen atoms in total. The summed E-state index contributed by atoms with van der Waals surface area (Å²) in [6.45, 7) is 3.51. The van der Waals surface area contributed by atoms with Crippen molar-refractivity contribution in [3.63, 3.8) is 0 Å². The number of nitrogens with zero attached hydrogens (tertiary/aromatic N) is 2. The van der Waals surface area contributed by atoms with Gasteiger partial charge in [-0.2, -0.15) is 8.42 Å². The average molecular weight is 468 g/mol. The number of hydrogen-bond acceptors (Lipinski definition) is 9. The zero-order chi connectivity index (χ0) is 23.0. The van der Waals surface area contributed by atoms with E-state index in [4.69, 9.17) is 20.1 Å². The van der Waals surface area contributed by atoms with Gasteiger partial charge in [0.1, 0.15) is 11.5 Å². The summed E-state index contributed by atoms with van der Waals surface area (Å²) >= 11 is 0. The van der Waals surface area contributed by atoms with Gasteiger partial charge in [0, 0.05) is 6.07 Å². The van der Waals surface area contributed by atoms with Gasteiger partial charge in [-0.15, -0.1) is 0 Å². The van der Waals surface area contributed by atoms with Crippen molar-refractivity contribution in [3.8, 4) is 0 Å². The van der Waals surface area contributed by atoms with Crippen molar-refractivity contribution >= 4 is 44.9 Å². The van der Waals surface area contributed by atoms with E-state index >= 15 is 0 Å². The molecule has 1 aliphatic heterocycles. The number of amides is 1. The molecule has 176 valence electrons. The maximum atomic E-state index is 11.5. The molecule has 1 aromatic heterocycles. The Morgan fingerprint density at radius 2 is 1.97 bits per heavy atom. The molecule has 0 saturated heterocycles. The number of aliphatic imine (C=N–C) groups is 1. The first kappa shape index (κ1) is 26.8. The molecule has 0 saturated carbocycles. The number of nitrogen functional groups attached to an aromatic ring is 1. The second kappa shape index (κ2) is 12.0. The Morgan fingerprint density at radius 3 is 2.50 bits per heavy atom. The van der Waals surface area contributed by atoms with Crippen molar-refractivity contribution in [3.05, 3.63) is 42.0 Å². The largest absolute Gasteiger partial charge is 0.450 e. The lowest BCUT2D eigenvalue weighted by Crippen LogP contribution is -2.30. The molecule has 0 spiro atoms. The fourth-order valence-electron chi connectivity index (χ4n) is 2.68. The number of aromatic nitrogens is 1. The molecular weight excluding hydrogens is 438 g/mol. The van der Waals surface area contributed by atoms with Gasteiger partial charge in [-0.05, 0) is 19.4 Å². The highest BCUT2D eigenvalue weighted by molar-refractivity contribution is 7.85. The molecule has 0 radical (unpaired) electrons. The van der Waals surface area contributed by atoms with Gasteiger partial charge in [0.2, 0.25) is 0 Å². The third-order valence-electron chi connectivity index (χ3n) is 3.96. The molecule has 2 heterocycles. The lowest BCUT2D eigenvalue weighted by Gasteiger charge is -2.25. The van der Waals surface area contributed by atoms with E-state index in [0.29, 0.717) is 11.5 Å². The minimum absolute atomic E-state index is 0. The topological polar surface area (TPSA) is 176 Å². The fourth-order valence-corrected chi connectivity index (χ4v) is 2.91. The summed E-state index contributed by atoms with van der Waals surface area (Å²) in [5.41, 5.74) is 9.24. The highest BCUT2D eigenvalue weighted by Gasteiger charge is 2.23. The lowest BCUT2D eigenvalue weighted by molar-refractivity contribution is 0.168. The Bertz CT molecular complexity index is 1040. The third-order valence-corrected chi connectivity index (χ3v) is 4.66. The molecule has 0 unspecified atom stereocenters. The van der Waals surface area contributed by atoms with Crippen molar-refractivity contribution in [2.45, 2.75) is 27.3 Å². The number of carbonyl (C=O) groups excluding carboxylic acids is 1. The van der Waals surface area contributed by atoms with Crippen LogP contribution in [0.3, 0.4) is 0 Å². The fraction of sp³-hybridized carbons (Fsp3) is 0.350. The molecule has 0 aliphatic carbocycles. The first-order valence-corrected chi connectivity index (χ1v) is 11.0. The number of rotatable bonds is 5. The second-order valence-corrected chi connectivity index (χ2v) is 7.95. The molecule has 0 fully saturated rings. The van der Waals surface area contributed by atoms with E-state index in [1.54, 1.807) is 13.0 Å². The van der Waals surface area contributed by atoms with Crippen LogP contribution >= 0.6 is 0 Å². The number of aliphatic hydroxyl groups is 1. The molecule has 3 rings (SSSR count). The van der Waals surface area contributed by atoms with Crippen LogP contribution in [0.1, 0.15) is 26.8 Å². The standard InChI is InChI=1S/C17H19N5O2.C2H6O4S.CH4/c1-3-24-17(23)21-13-9-12-15(16(18)20-13)22-14(10(2)19-12)11-7-5-4-6-8-11;3-1-2-7(4,5)6;/h4-10,19H,3H2,1-2H3,(H3,18,20,21,23);3H,1-2H2,(H,4,5,6);1H4/t10-;;/m0../s1. The van der Waals surface area contributed by atoms with Crippen LogP contribution in [0.15, 0.2) is 41.4 Å². The molecule has 1 aromatic carbocycles. The number of hydrogen-bond donors (Lipinski definition) is 5. The van der Waals surface area contributed by atoms with Crippen LogP contribution < -0.4 is 16.4 Å². The Morgan fingerprint density at radius 1 is 1.31 bits per heavy atom. The van der Waals surface area contributed by atoms with Gasteiger partial charge in [0.05, 0.1) is 36.4 Å². The monoisotopic (exact) mass is 467 g/mol. The number of nitrogens with one attached hydrogen (secondary N) is 2. The molecule has 0 bridgehead atoms. The minimum Gasteiger partial charge on any atom is -0.450 e. The predicted molar refractivity (Wildman–Crippen MR) is 125 cm³/mol. The number of benzene rings is 1. The first-order chi connectivity index (χ1) is 14.6. The maximum Gasteiger partial charge on any atom is 0.412 e. The van der Waals surface area contributed by atoms with Gasteiger partial charge in [-0.1, -0.05) is 37.8 Å². The molecule has 2 aromatic rings. The van der Waals surface area contributed by atoms with Crippen molar-refractivity contribution in [1.82, 2.24) is 4.98 Å². The number of nitrogens with two attached hydrogens (primary N) is 1. The summed E-state index contributed by atoms with van der Waals surface area (Å²) in [5, 5.41) is 13.8. The average Bonchev–Trinajstić information content (AvgIpc) is 2.68. The predicted octanol–water partition coefficient (Wildman–Crippen LogP) is 2.67. The third kappa shape index (κ3) is 7.80. The van der Waals surface area contributed by atoms with Gasteiger partial charge >= 0.3 is 6.09 Å². The van der Waals surface area contributed by atoms with Gasteiger partial charge in [-0.3, -0.25) is 9.87 Å². The molecular formula is C20H29N5O6S. The number of aliphatic hydroxyl groups excluding tert-OH is 1. The van der Waals surface area contributed by atoms with Crippen LogP contribution in [0.2, 0.25) is 0 Å². The summed E-state index contributed by atoms with van der Waals surface area (Å²) in [5.74, 6) is -0.0117.